The van der Waals surface area contributed by atoms with Crippen LogP contribution in [0.25, 0.3) is 0 Å². The first-order valence-corrected chi connectivity index (χ1v) is 8.34. The fourth-order valence-electron chi connectivity index (χ4n) is 2.91. The van der Waals surface area contributed by atoms with Crippen LogP contribution in [0.3, 0.4) is 0 Å². The Morgan fingerprint density at radius 1 is 1.33 bits per heavy atom. The maximum atomic E-state index is 10.4. The summed E-state index contributed by atoms with van der Waals surface area (Å²) in [6.07, 6.45) is 4.35. The SMILES string of the molecule is CC(C)(C)C1CCC(C(O)c2nc(Br)cs2)CC1. The minimum Gasteiger partial charge on any atom is -0.386 e. The van der Waals surface area contributed by atoms with E-state index >= 15 is 0 Å². The zero-order chi connectivity index (χ0) is 13.3. The third-order valence-corrected chi connectivity index (χ3v) is 5.81. The Morgan fingerprint density at radius 3 is 2.39 bits per heavy atom. The Labute approximate surface area is 122 Å². The molecule has 0 amide bonds. The molecule has 4 heteroatoms. The summed E-state index contributed by atoms with van der Waals surface area (Å²) in [6.45, 7) is 6.98. The molecule has 18 heavy (non-hydrogen) atoms. The largest absolute Gasteiger partial charge is 0.386 e. The molecule has 1 atom stereocenters. The van der Waals surface area contributed by atoms with E-state index in [1.165, 1.54) is 12.8 Å². The first kappa shape index (κ1) is 14.5. The topological polar surface area (TPSA) is 33.1 Å². The van der Waals surface area contributed by atoms with Gasteiger partial charge in [0.1, 0.15) is 15.7 Å². The van der Waals surface area contributed by atoms with Crippen molar-refractivity contribution in [3.8, 4) is 0 Å². The maximum Gasteiger partial charge on any atom is 0.123 e. The van der Waals surface area contributed by atoms with E-state index in [2.05, 4.69) is 41.7 Å². The second kappa shape index (κ2) is 5.59. The minimum absolute atomic E-state index is 0.373. The lowest BCUT2D eigenvalue weighted by Crippen LogP contribution is -2.28. The minimum atomic E-state index is -0.373. The smallest absolute Gasteiger partial charge is 0.123 e. The van der Waals surface area contributed by atoms with Crippen LogP contribution in [0.4, 0.5) is 0 Å². The number of hydrogen-bond acceptors (Lipinski definition) is 3. The van der Waals surface area contributed by atoms with Crippen LogP contribution in [0.15, 0.2) is 9.98 Å². The molecule has 1 heterocycles. The number of aromatic nitrogens is 1. The monoisotopic (exact) mass is 331 g/mol. The van der Waals surface area contributed by atoms with Crippen LogP contribution < -0.4 is 0 Å². The van der Waals surface area contributed by atoms with Gasteiger partial charge in [-0.1, -0.05) is 20.8 Å². The average Bonchev–Trinajstić information content (AvgIpc) is 2.74. The summed E-state index contributed by atoms with van der Waals surface area (Å²) in [5.41, 5.74) is 0.403. The lowest BCUT2D eigenvalue weighted by atomic mass is 9.69. The average molecular weight is 332 g/mol. The van der Waals surface area contributed by atoms with Crippen LogP contribution in [0.5, 0.6) is 0 Å². The van der Waals surface area contributed by atoms with E-state index in [4.69, 9.17) is 0 Å². The van der Waals surface area contributed by atoms with Crippen molar-refractivity contribution in [1.82, 2.24) is 4.98 Å². The van der Waals surface area contributed by atoms with Crippen molar-refractivity contribution in [2.45, 2.75) is 52.6 Å². The van der Waals surface area contributed by atoms with Gasteiger partial charge in [-0.15, -0.1) is 11.3 Å². The van der Waals surface area contributed by atoms with Crippen molar-refractivity contribution in [2.24, 2.45) is 17.3 Å². The molecule has 0 radical (unpaired) electrons. The summed E-state index contributed by atoms with van der Waals surface area (Å²) >= 11 is 4.90. The van der Waals surface area contributed by atoms with Crippen molar-refractivity contribution in [1.29, 1.82) is 0 Å². The quantitative estimate of drug-likeness (QED) is 0.844. The summed E-state index contributed by atoms with van der Waals surface area (Å²) in [5.74, 6) is 1.19. The van der Waals surface area contributed by atoms with E-state index < -0.39 is 0 Å². The Balaban J connectivity index is 1.94. The van der Waals surface area contributed by atoms with Crippen LogP contribution in [-0.2, 0) is 0 Å². The van der Waals surface area contributed by atoms with Crippen LogP contribution >= 0.6 is 27.3 Å². The predicted molar refractivity (Wildman–Crippen MR) is 79.7 cm³/mol. The molecule has 1 N–H and O–H groups in total. The number of thiazole rings is 1. The van der Waals surface area contributed by atoms with Gasteiger partial charge in [-0.2, -0.15) is 0 Å². The molecule has 2 rings (SSSR count). The molecule has 102 valence electrons. The second-order valence-electron chi connectivity index (χ2n) is 6.43. The standard InChI is InChI=1S/C14H22BrNOS/c1-14(2,3)10-6-4-9(5-7-10)12(17)13-16-11(15)8-18-13/h8-10,12,17H,4-7H2,1-3H3. The number of aliphatic hydroxyl groups excluding tert-OH is 1. The van der Waals surface area contributed by atoms with Gasteiger partial charge >= 0.3 is 0 Å². The fourth-order valence-corrected chi connectivity index (χ4v) is 4.25. The third kappa shape index (κ3) is 3.34. The van der Waals surface area contributed by atoms with E-state index in [9.17, 15) is 5.11 Å². The van der Waals surface area contributed by atoms with Gasteiger partial charge in [0.05, 0.1) is 0 Å². The van der Waals surface area contributed by atoms with E-state index in [0.717, 1.165) is 28.4 Å². The Kier molecular flexibility index (Phi) is 4.50. The number of halogens is 1. The molecular formula is C14H22BrNOS. The van der Waals surface area contributed by atoms with Crippen molar-refractivity contribution in [3.05, 3.63) is 15.0 Å². The van der Waals surface area contributed by atoms with E-state index in [1.54, 1.807) is 11.3 Å². The van der Waals surface area contributed by atoms with Crippen molar-refractivity contribution < 1.29 is 5.11 Å². The predicted octanol–water partition coefficient (Wildman–Crippen LogP) is 4.79. The van der Waals surface area contributed by atoms with Gasteiger partial charge in [0, 0.05) is 5.38 Å². The number of hydrogen-bond donors (Lipinski definition) is 1. The summed E-state index contributed by atoms with van der Waals surface area (Å²) < 4.78 is 0.838. The van der Waals surface area contributed by atoms with Gasteiger partial charge < -0.3 is 5.11 Å². The molecule has 0 aliphatic heterocycles. The van der Waals surface area contributed by atoms with Crippen LogP contribution in [0.2, 0.25) is 0 Å². The molecule has 1 aromatic heterocycles. The molecule has 1 aliphatic rings. The fraction of sp³-hybridized carbons (Fsp3) is 0.786. The molecule has 1 unspecified atom stereocenters. The highest BCUT2D eigenvalue weighted by Crippen LogP contribution is 2.43. The van der Waals surface area contributed by atoms with Gasteiger partial charge in [0.25, 0.3) is 0 Å². The third-order valence-electron chi connectivity index (χ3n) is 4.19. The zero-order valence-corrected chi connectivity index (χ0v) is 13.7. The summed E-state index contributed by atoms with van der Waals surface area (Å²) in [6, 6.07) is 0. The normalized spacial score (nSPS) is 27.2. The van der Waals surface area contributed by atoms with Gasteiger partial charge in [-0.3, -0.25) is 0 Å². The Bertz CT molecular complexity index is 391. The van der Waals surface area contributed by atoms with Crippen LogP contribution in [0.1, 0.15) is 57.6 Å². The molecule has 0 bridgehead atoms. The molecule has 1 fully saturated rings. The Hall–Kier alpha value is 0.0700. The Morgan fingerprint density at radius 2 is 1.94 bits per heavy atom. The zero-order valence-electron chi connectivity index (χ0n) is 11.3. The van der Waals surface area contributed by atoms with Crippen LogP contribution in [0, 0.1) is 17.3 Å². The lowest BCUT2D eigenvalue weighted by Gasteiger charge is -2.38. The van der Waals surface area contributed by atoms with E-state index in [1.807, 2.05) is 5.38 Å². The molecule has 1 aliphatic carbocycles. The van der Waals surface area contributed by atoms with E-state index in [0.29, 0.717) is 11.3 Å². The van der Waals surface area contributed by atoms with Gasteiger partial charge in [0.15, 0.2) is 0 Å². The molecule has 1 saturated carbocycles. The van der Waals surface area contributed by atoms with Crippen LogP contribution in [-0.4, -0.2) is 10.1 Å². The molecule has 0 spiro atoms. The first-order valence-electron chi connectivity index (χ1n) is 6.67. The first-order chi connectivity index (χ1) is 8.38. The van der Waals surface area contributed by atoms with Gasteiger partial charge in [-0.05, 0) is 58.9 Å². The van der Waals surface area contributed by atoms with Gasteiger partial charge in [0.2, 0.25) is 0 Å². The van der Waals surface area contributed by atoms with Crippen molar-refractivity contribution >= 4 is 27.3 Å². The van der Waals surface area contributed by atoms with Crippen molar-refractivity contribution in [3.63, 3.8) is 0 Å². The molecule has 1 aromatic rings. The van der Waals surface area contributed by atoms with Crippen molar-refractivity contribution in [2.75, 3.05) is 0 Å². The highest BCUT2D eigenvalue weighted by Gasteiger charge is 2.33. The van der Waals surface area contributed by atoms with E-state index in [-0.39, 0.29) is 6.10 Å². The molecule has 0 saturated heterocycles. The summed E-state index contributed by atoms with van der Waals surface area (Å²) in [5, 5.41) is 13.2. The molecule has 2 nitrogen and oxygen atoms in total. The summed E-state index contributed by atoms with van der Waals surface area (Å²) in [4.78, 5) is 4.34. The molecular weight excluding hydrogens is 310 g/mol. The maximum absolute atomic E-state index is 10.4. The summed E-state index contributed by atoms with van der Waals surface area (Å²) in [7, 11) is 0. The number of nitrogens with zero attached hydrogens (tertiary/aromatic N) is 1. The highest BCUT2D eigenvalue weighted by atomic mass is 79.9. The number of rotatable bonds is 2. The lowest BCUT2D eigenvalue weighted by molar-refractivity contribution is 0.0526. The number of aliphatic hydroxyl groups is 1. The molecule has 0 aromatic carbocycles. The second-order valence-corrected chi connectivity index (χ2v) is 8.13. The van der Waals surface area contributed by atoms with Gasteiger partial charge in [-0.25, -0.2) is 4.98 Å². The highest BCUT2D eigenvalue weighted by molar-refractivity contribution is 9.10.